The summed E-state index contributed by atoms with van der Waals surface area (Å²) in [5.41, 5.74) is 1.15. The summed E-state index contributed by atoms with van der Waals surface area (Å²) in [6.45, 7) is 14.1. The molecular formula is C24H31N2O4Si. The molecule has 0 spiro atoms. The maximum atomic E-state index is 13.8. The molecule has 1 aliphatic rings. The van der Waals surface area contributed by atoms with Gasteiger partial charge in [-0.3, -0.25) is 4.79 Å². The second-order valence-electron chi connectivity index (χ2n) is 9.83. The van der Waals surface area contributed by atoms with E-state index in [0.717, 1.165) is 5.56 Å². The number of ether oxygens (including phenoxy) is 1. The molecule has 1 aromatic carbocycles. The maximum Gasteiger partial charge on any atom is 0.255 e. The van der Waals surface area contributed by atoms with E-state index in [1.807, 2.05) is 26.8 Å². The molecule has 0 fully saturated rings. The van der Waals surface area contributed by atoms with E-state index in [1.165, 1.54) is 0 Å². The average Bonchev–Trinajstić information content (AvgIpc) is 2.66. The lowest BCUT2D eigenvalue weighted by molar-refractivity contribution is -0.0643. The minimum Gasteiger partial charge on any atom is -0.485 e. The molecule has 31 heavy (non-hydrogen) atoms. The molecule has 3 rings (SSSR count). The fourth-order valence-corrected chi connectivity index (χ4v) is 4.53. The van der Waals surface area contributed by atoms with Crippen molar-refractivity contribution in [3.63, 3.8) is 0 Å². The lowest BCUT2D eigenvalue weighted by Crippen LogP contribution is -2.52. The zero-order chi connectivity index (χ0) is 23.1. The lowest BCUT2D eigenvalue weighted by Gasteiger charge is -2.43. The van der Waals surface area contributed by atoms with E-state index in [-0.39, 0.29) is 5.56 Å². The monoisotopic (exact) mass is 439 g/mol. The van der Waals surface area contributed by atoms with Crippen LogP contribution in [-0.2, 0) is 16.4 Å². The molecular weight excluding hydrogens is 408 g/mol. The topological polar surface area (TPSA) is 84.5 Å². The van der Waals surface area contributed by atoms with Crippen molar-refractivity contribution in [2.24, 2.45) is 0 Å². The summed E-state index contributed by atoms with van der Waals surface area (Å²) in [6.07, 6.45) is 0.745. The van der Waals surface area contributed by atoms with Crippen molar-refractivity contribution in [2.45, 2.75) is 77.5 Å². The van der Waals surface area contributed by atoms with Gasteiger partial charge in [0.15, 0.2) is 0 Å². The summed E-state index contributed by atoms with van der Waals surface area (Å²) in [7, 11) is -0.903. The second kappa shape index (κ2) is 8.27. The number of nitrogens with zero attached hydrogens (tertiary/aromatic N) is 2. The summed E-state index contributed by atoms with van der Waals surface area (Å²) in [5, 5.41) is 20.6. The normalized spacial score (nSPS) is 20.1. The third-order valence-corrected chi connectivity index (χ3v) is 6.34. The largest absolute Gasteiger partial charge is 0.485 e. The molecule has 1 aromatic heterocycles. The Kier molecular flexibility index (Phi) is 6.20. The summed E-state index contributed by atoms with van der Waals surface area (Å²) >= 11 is 0. The van der Waals surface area contributed by atoms with Gasteiger partial charge in [0.1, 0.15) is 17.5 Å². The fraction of sp³-hybridized carbons (Fsp3) is 0.500. The first-order valence-corrected chi connectivity index (χ1v) is 12.9. The maximum absolute atomic E-state index is 13.8. The Labute approximate surface area is 185 Å². The Morgan fingerprint density at radius 1 is 1.29 bits per heavy atom. The molecule has 2 aromatic rings. The first-order valence-electron chi connectivity index (χ1n) is 10.5. The van der Waals surface area contributed by atoms with Crippen molar-refractivity contribution >= 4 is 9.04 Å². The van der Waals surface area contributed by atoms with Gasteiger partial charge in [-0.05, 0) is 62.2 Å². The Hall–Kier alpha value is -2.40. The quantitative estimate of drug-likeness (QED) is 0.730. The number of nitriles is 1. The van der Waals surface area contributed by atoms with Crippen molar-refractivity contribution in [3.8, 4) is 11.8 Å². The molecule has 2 atom stereocenters. The third-order valence-electron chi connectivity index (χ3n) is 5.61. The van der Waals surface area contributed by atoms with Gasteiger partial charge in [0, 0.05) is 17.3 Å². The van der Waals surface area contributed by atoms with Crippen molar-refractivity contribution in [3.05, 3.63) is 63.1 Å². The second-order valence-corrected chi connectivity index (χ2v) is 11.9. The van der Waals surface area contributed by atoms with Crippen LogP contribution in [0, 0.1) is 11.3 Å². The first kappa shape index (κ1) is 23.3. The van der Waals surface area contributed by atoms with E-state index < -0.39 is 32.2 Å². The van der Waals surface area contributed by atoms with Gasteiger partial charge < -0.3 is 18.8 Å². The predicted molar refractivity (Wildman–Crippen MR) is 122 cm³/mol. The molecule has 0 aliphatic carbocycles. The molecule has 0 bridgehead atoms. The van der Waals surface area contributed by atoms with Gasteiger partial charge in [-0.25, -0.2) is 0 Å². The highest BCUT2D eigenvalue weighted by atomic mass is 28.3. The highest BCUT2D eigenvalue weighted by Crippen LogP contribution is 2.42. The zero-order valence-electron chi connectivity index (χ0n) is 19.3. The zero-order valence-corrected chi connectivity index (χ0v) is 20.3. The molecule has 0 amide bonds. The van der Waals surface area contributed by atoms with E-state index in [1.54, 1.807) is 42.8 Å². The Morgan fingerprint density at radius 2 is 1.97 bits per heavy atom. The van der Waals surface area contributed by atoms with Crippen molar-refractivity contribution in [2.75, 3.05) is 0 Å². The number of aliphatic hydroxyl groups is 1. The number of aromatic nitrogens is 1. The molecule has 1 radical (unpaired) electrons. The van der Waals surface area contributed by atoms with E-state index in [2.05, 4.69) is 19.2 Å². The number of hydrogen-bond acceptors (Lipinski definition) is 5. The van der Waals surface area contributed by atoms with E-state index >= 15 is 0 Å². The van der Waals surface area contributed by atoms with Crippen molar-refractivity contribution < 1.29 is 14.3 Å². The van der Waals surface area contributed by atoms with Crippen LogP contribution < -0.4 is 10.3 Å². The molecule has 1 aliphatic heterocycles. The van der Waals surface area contributed by atoms with Crippen LogP contribution in [0.1, 0.15) is 62.9 Å². The fourth-order valence-electron chi connectivity index (χ4n) is 4.09. The van der Waals surface area contributed by atoms with Gasteiger partial charge in [0.05, 0.1) is 24.3 Å². The average molecular weight is 440 g/mol. The molecule has 6 nitrogen and oxygen atoms in total. The summed E-state index contributed by atoms with van der Waals surface area (Å²) in [6, 6.07) is 8.49. The van der Waals surface area contributed by atoms with Gasteiger partial charge in [-0.2, -0.15) is 5.26 Å². The van der Waals surface area contributed by atoms with Crippen LogP contribution in [0.3, 0.4) is 0 Å². The molecule has 0 saturated heterocycles. The van der Waals surface area contributed by atoms with Gasteiger partial charge >= 0.3 is 0 Å². The highest BCUT2D eigenvalue weighted by Gasteiger charge is 2.44. The van der Waals surface area contributed by atoms with Crippen LogP contribution in [0.5, 0.6) is 5.75 Å². The summed E-state index contributed by atoms with van der Waals surface area (Å²) in [5.74, 6) is 0.570. The Balaban J connectivity index is 2.24. The highest BCUT2D eigenvalue weighted by molar-refractivity contribution is 6.48. The molecule has 0 unspecified atom stereocenters. The Morgan fingerprint density at radius 3 is 2.55 bits per heavy atom. The predicted octanol–water partition coefficient (Wildman–Crippen LogP) is 3.91. The van der Waals surface area contributed by atoms with E-state index in [4.69, 9.17) is 9.16 Å². The van der Waals surface area contributed by atoms with Crippen LogP contribution >= 0.6 is 0 Å². The SMILES string of the molecule is C[Si](C)OCc1ccn([C@@H]2c3cc(C#N)ccc3OC(C)(C)[C@H]2O)c(=O)c1C(C)(C)C. The number of benzene rings is 1. The summed E-state index contributed by atoms with van der Waals surface area (Å²) in [4.78, 5) is 13.8. The minimum absolute atomic E-state index is 0.162. The van der Waals surface area contributed by atoms with Gasteiger partial charge in [0.25, 0.3) is 5.56 Å². The van der Waals surface area contributed by atoms with Crippen molar-refractivity contribution in [1.82, 2.24) is 4.57 Å². The molecule has 1 N–H and O–H groups in total. The Bertz CT molecular complexity index is 1080. The first-order chi connectivity index (χ1) is 14.4. The van der Waals surface area contributed by atoms with Gasteiger partial charge in [-0.15, -0.1) is 0 Å². The van der Waals surface area contributed by atoms with Crippen LogP contribution in [0.4, 0.5) is 0 Å². The molecule has 2 heterocycles. The van der Waals surface area contributed by atoms with Crippen LogP contribution in [0.15, 0.2) is 35.3 Å². The standard InChI is InChI=1S/C24H31N2O4Si/c1-23(2,3)19-16(14-29-31(6)7)10-11-26(22(19)28)20-17-12-15(13-25)8-9-18(17)30-24(4,5)21(20)27/h8-12,20-21,27H,14H2,1-7H3/t20-,21+/m1/s1. The van der Waals surface area contributed by atoms with Gasteiger partial charge in [0.2, 0.25) is 9.04 Å². The third kappa shape index (κ3) is 4.47. The number of pyridine rings is 1. The van der Waals surface area contributed by atoms with Crippen LogP contribution in [-0.4, -0.2) is 30.4 Å². The summed E-state index contributed by atoms with van der Waals surface area (Å²) < 4.78 is 13.5. The van der Waals surface area contributed by atoms with Gasteiger partial charge in [-0.1, -0.05) is 20.8 Å². The smallest absolute Gasteiger partial charge is 0.255 e. The number of rotatable bonds is 4. The van der Waals surface area contributed by atoms with Crippen LogP contribution in [0.25, 0.3) is 0 Å². The lowest BCUT2D eigenvalue weighted by atomic mass is 9.83. The van der Waals surface area contributed by atoms with Crippen LogP contribution in [0.2, 0.25) is 13.1 Å². The van der Waals surface area contributed by atoms with Crippen molar-refractivity contribution in [1.29, 1.82) is 5.26 Å². The molecule has 7 heteroatoms. The minimum atomic E-state index is -0.984. The van der Waals surface area contributed by atoms with E-state index in [0.29, 0.717) is 29.0 Å². The van der Waals surface area contributed by atoms with E-state index in [9.17, 15) is 15.2 Å². The number of fused-ring (bicyclic) bond motifs is 1. The molecule has 0 saturated carbocycles. The number of hydrogen-bond donors (Lipinski definition) is 1. The number of aliphatic hydroxyl groups excluding tert-OH is 1. The molecule has 165 valence electrons.